The van der Waals surface area contributed by atoms with Gasteiger partial charge in [0.15, 0.2) is 0 Å². The number of aryl methyl sites for hydroxylation is 4. The van der Waals surface area contributed by atoms with Gasteiger partial charge in [-0.2, -0.15) is 0 Å². The standard InChI is InChI=1S/C34H40S5/c1-5-7-9-11-13-25-21-33(35-23(25)3)31-19-17-29(38-31)27-15-16-28(37-27)30-18-20-32(39-30)34-22-26(24(4)36-34)14-12-10-8-6-2/h15-22H,5-14H2,1-4H3. The van der Waals surface area contributed by atoms with E-state index in [1.54, 1.807) is 11.1 Å². The zero-order chi connectivity index (χ0) is 27.2. The van der Waals surface area contributed by atoms with Crippen molar-refractivity contribution >= 4 is 56.7 Å². The number of hydrogen-bond acceptors (Lipinski definition) is 5. The Morgan fingerprint density at radius 1 is 0.410 bits per heavy atom. The first kappa shape index (κ1) is 29.0. The lowest BCUT2D eigenvalue weighted by Crippen LogP contribution is -1.84. The second-order valence-electron chi connectivity index (χ2n) is 10.5. The van der Waals surface area contributed by atoms with Gasteiger partial charge in [-0.25, -0.2) is 0 Å². The molecule has 0 aliphatic heterocycles. The van der Waals surface area contributed by atoms with Gasteiger partial charge >= 0.3 is 0 Å². The van der Waals surface area contributed by atoms with Crippen molar-refractivity contribution in [3.05, 3.63) is 69.4 Å². The molecule has 5 aromatic heterocycles. The third kappa shape index (κ3) is 7.23. The molecule has 0 aliphatic rings. The molecule has 0 radical (unpaired) electrons. The molecule has 0 spiro atoms. The van der Waals surface area contributed by atoms with Crippen LogP contribution in [0.15, 0.2) is 48.5 Å². The van der Waals surface area contributed by atoms with Gasteiger partial charge in [-0.05, 0) is 99.2 Å². The van der Waals surface area contributed by atoms with Crippen molar-refractivity contribution in [1.82, 2.24) is 0 Å². The minimum absolute atomic E-state index is 1.23. The Labute approximate surface area is 255 Å². The first-order chi connectivity index (χ1) is 19.1. The molecule has 39 heavy (non-hydrogen) atoms. The summed E-state index contributed by atoms with van der Waals surface area (Å²) in [4.78, 5) is 14.2. The van der Waals surface area contributed by atoms with Crippen molar-refractivity contribution < 1.29 is 0 Å². The van der Waals surface area contributed by atoms with Gasteiger partial charge in [0.25, 0.3) is 0 Å². The number of unbranched alkanes of at least 4 members (excludes halogenated alkanes) is 6. The first-order valence-electron chi connectivity index (χ1n) is 14.5. The summed E-state index contributed by atoms with van der Waals surface area (Å²) in [5.41, 5.74) is 3.11. The molecule has 0 atom stereocenters. The Bertz CT molecular complexity index is 1360. The maximum absolute atomic E-state index is 2.46. The average molecular weight is 609 g/mol. The maximum Gasteiger partial charge on any atom is 0.0449 e. The zero-order valence-corrected chi connectivity index (χ0v) is 27.8. The topological polar surface area (TPSA) is 0 Å². The average Bonchev–Trinajstić information content (AvgIpc) is 3.74. The molecule has 0 aliphatic carbocycles. The van der Waals surface area contributed by atoms with E-state index in [0.717, 1.165) is 0 Å². The summed E-state index contributed by atoms with van der Waals surface area (Å²) < 4.78 is 0. The molecule has 206 valence electrons. The molecule has 5 aromatic rings. The highest BCUT2D eigenvalue weighted by atomic mass is 32.1. The Balaban J connectivity index is 1.25. The van der Waals surface area contributed by atoms with Crippen molar-refractivity contribution in [1.29, 1.82) is 0 Å². The fraction of sp³-hybridized carbons (Fsp3) is 0.412. The molecular weight excluding hydrogens is 569 g/mol. The van der Waals surface area contributed by atoms with Gasteiger partial charge in [-0.1, -0.05) is 52.4 Å². The Kier molecular flexibility index (Phi) is 10.3. The van der Waals surface area contributed by atoms with E-state index >= 15 is 0 Å². The fourth-order valence-electron chi connectivity index (χ4n) is 5.07. The minimum Gasteiger partial charge on any atom is -0.139 e. The third-order valence-corrected chi connectivity index (χ3v) is 13.7. The van der Waals surface area contributed by atoms with Gasteiger partial charge in [-0.15, -0.1) is 56.7 Å². The minimum atomic E-state index is 1.23. The van der Waals surface area contributed by atoms with E-state index in [9.17, 15) is 0 Å². The lowest BCUT2D eigenvalue weighted by atomic mass is 10.1. The van der Waals surface area contributed by atoms with Crippen LogP contribution >= 0.6 is 56.7 Å². The van der Waals surface area contributed by atoms with Crippen LogP contribution in [-0.4, -0.2) is 0 Å². The monoisotopic (exact) mass is 608 g/mol. The van der Waals surface area contributed by atoms with Crippen LogP contribution < -0.4 is 0 Å². The Morgan fingerprint density at radius 3 is 1.08 bits per heavy atom. The summed E-state index contributed by atoms with van der Waals surface area (Å²) in [6.45, 7) is 9.16. The number of hydrogen-bond donors (Lipinski definition) is 0. The first-order valence-corrected chi connectivity index (χ1v) is 18.6. The van der Waals surface area contributed by atoms with E-state index in [1.807, 2.05) is 56.7 Å². The van der Waals surface area contributed by atoms with Crippen LogP contribution in [0, 0.1) is 13.8 Å². The van der Waals surface area contributed by atoms with Gasteiger partial charge in [0, 0.05) is 48.8 Å². The Morgan fingerprint density at radius 2 is 0.744 bits per heavy atom. The van der Waals surface area contributed by atoms with Crippen molar-refractivity contribution in [3.8, 4) is 39.0 Å². The molecule has 5 heteroatoms. The van der Waals surface area contributed by atoms with Crippen molar-refractivity contribution in [2.24, 2.45) is 0 Å². The van der Waals surface area contributed by atoms with E-state index in [-0.39, 0.29) is 0 Å². The van der Waals surface area contributed by atoms with E-state index in [0.29, 0.717) is 0 Å². The molecule has 0 nitrogen and oxygen atoms in total. The highest BCUT2D eigenvalue weighted by Crippen LogP contribution is 2.45. The van der Waals surface area contributed by atoms with Crippen LogP contribution in [0.2, 0.25) is 0 Å². The van der Waals surface area contributed by atoms with Gasteiger partial charge in [-0.3, -0.25) is 0 Å². The van der Waals surface area contributed by atoms with Crippen LogP contribution in [0.1, 0.15) is 86.1 Å². The van der Waals surface area contributed by atoms with E-state index < -0.39 is 0 Å². The molecule has 0 amide bonds. The smallest absolute Gasteiger partial charge is 0.0449 e. The predicted octanol–water partition coefficient (Wildman–Crippen LogP) is 13.5. The molecule has 0 saturated heterocycles. The predicted molar refractivity (Wildman–Crippen MR) is 183 cm³/mol. The van der Waals surface area contributed by atoms with Crippen LogP contribution in [-0.2, 0) is 12.8 Å². The van der Waals surface area contributed by atoms with Crippen molar-refractivity contribution in [3.63, 3.8) is 0 Å². The lowest BCUT2D eigenvalue weighted by Gasteiger charge is -1.99. The largest absolute Gasteiger partial charge is 0.139 e. The SMILES string of the molecule is CCCCCCc1cc(-c2ccc(-c3ccc(-c4ccc(-c5cc(CCCCCC)c(C)s5)s4)s3)s2)sc1C. The number of thiophene rings is 5. The third-order valence-electron chi connectivity index (χ3n) is 7.43. The summed E-state index contributed by atoms with van der Waals surface area (Å²) in [5.74, 6) is 0. The second-order valence-corrected chi connectivity index (χ2v) is 16.3. The van der Waals surface area contributed by atoms with E-state index in [2.05, 4.69) is 76.2 Å². The van der Waals surface area contributed by atoms with Gasteiger partial charge in [0.1, 0.15) is 0 Å². The van der Waals surface area contributed by atoms with Crippen molar-refractivity contribution in [2.45, 2.75) is 91.9 Å². The van der Waals surface area contributed by atoms with Crippen LogP contribution in [0.4, 0.5) is 0 Å². The highest BCUT2D eigenvalue weighted by Gasteiger charge is 2.14. The fourth-order valence-corrected chi connectivity index (χ4v) is 10.6. The van der Waals surface area contributed by atoms with E-state index in [4.69, 9.17) is 0 Å². The van der Waals surface area contributed by atoms with Gasteiger partial charge in [0.2, 0.25) is 0 Å². The molecule has 5 rings (SSSR count). The Hall–Kier alpha value is -1.50. The quantitative estimate of drug-likeness (QED) is 0.110. The molecule has 0 bridgehead atoms. The molecule has 0 aromatic carbocycles. The van der Waals surface area contributed by atoms with E-state index in [1.165, 1.54) is 113 Å². The summed E-state index contributed by atoms with van der Waals surface area (Å²) in [6.07, 6.45) is 13.1. The molecular formula is C34H40S5. The number of rotatable bonds is 14. The van der Waals surface area contributed by atoms with Crippen LogP contribution in [0.3, 0.4) is 0 Å². The van der Waals surface area contributed by atoms with Crippen molar-refractivity contribution in [2.75, 3.05) is 0 Å². The van der Waals surface area contributed by atoms with Crippen LogP contribution in [0.25, 0.3) is 39.0 Å². The zero-order valence-electron chi connectivity index (χ0n) is 23.7. The summed E-state index contributed by atoms with van der Waals surface area (Å²) in [7, 11) is 0. The van der Waals surface area contributed by atoms with Crippen LogP contribution in [0.5, 0.6) is 0 Å². The normalized spacial score (nSPS) is 11.6. The second kappa shape index (κ2) is 13.9. The summed E-state index contributed by atoms with van der Waals surface area (Å²) >= 11 is 9.75. The highest BCUT2D eigenvalue weighted by molar-refractivity contribution is 7.29. The molecule has 5 heterocycles. The molecule has 0 N–H and O–H groups in total. The molecule has 0 fully saturated rings. The summed E-state index contributed by atoms with van der Waals surface area (Å²) in [5, 5.41) is 0. The summed E-state index contributed by atoms with van der Waals surface area (Å²) in [6, 6.07) is 18.8. The molecule has 0 unspecified atom stereocenters. The maximum atomic E-state index is 2.46. The van der Waals surface area contributed by atoms with Gasteiger partial charge < -0.3 is 0 Å². The molecule has 0 saturated carbocycles. The van der Waals surface area contributed by atoms with Gasteiger partial charge in [0.05, 0.1) is 0 Å². The lowest BCUT2D eigenvalue weighted by molar-refractivity contribution is 0.666.